The smallest absolute Gasteiger partial charge is 0.0798 e. The number of aromatic nitrogens is 1. The van der Waals surface area contributed by atoms with Gasteiger partial charge in [-0.15, -0.1) is 11.3 Å². The fourth-order valence-corrected chi connectivity index (χ4v) is 2.79. The Kier molecular flexibility index (Phi) is 4.24. The minimum Gasteiger partial charge on any atom is -0.378 e. The van der Waals surface area contributed by atoms with Gasteiger partial charge in [-0.05, 0) is 25.1 Å². The molecule has 1 aromatic heterocycles. The van der Waals surface area contributed by atoms with E-state index in [0.717, 1.165) is 22.4 Å². The Bertz CT molecular complexity index is 537. The average molecular weight is 326 g/mol. The third-order valence-electron chi connectivity index (χ3n) is 2.72. The van der Waals surface area contributed by atoms with Crippen LogP contribution in [-0.2, 0) is 6.54 Å². The van der Waals surface area contributed by atoms with E-state index in [0.29, 0.717) is 0 Å². The number of hydrogen-bond acceptors (Lipinski definition) is 4. The topological polar surface area (TPSA) is 28.2 Å². The molecule has 2 aromatic rings. The Morgan fingerprint density at radius 2 is 2.17 bits per heavy atom. The molecule has 0 fully saturated rings. The predicted molar refractivity (Wildman–Crippen MR) is 82.6 cm³/mol. The highest BCUT2D eigenvalue weighted by Crippen LogP contribution is 2.28. The van der Waals surface area contributed by atoms with Crippen molar-refractivity contribution >= 4 is 38.6 Å². The normalized spacial score (nSPS) is 10.4. The van der Waals surface area contributed by atoms with Crippen molar-refractivity contribution < 1.29 is 0 Å². The van der Waals surface area contributed by atoms with Crippen LogP contribution in [0.5, 0.6) is 0 Å². The lowest BCUT2D eigenvalue weighted by molar-refractivity contribution is 1.09. The summed E-state index contributed by atoms with van der Waals surface area (Å²) >= 11 is 5.20. The van der Waals surface area contributed by atoms with Gasteiger partial charge in [0, 0.05) is 23.4 Å². The van der Waals surface area contributed by atoms with Crippen molar-refractivity contribution in [3.05, 3.63) is 38.8 Å². The standard InChI is InChI=1S/C13H16BrN3S/c1-9-13(18-8-16-9)7-15-11-6-10(14)4-5-12(11)17(2)3/h4-6,8,15H,7H2,1-3H3. The SMILES string of the molecule is Cc1ncsc1CNc1cc(Br)ccc1N(C)C. The summed E-state index contributed by atoms with van der Waals surface area (Å²) in [7, 11) is 4.10. The summed E-state index contributed by atoms with van der Waals surface area (Å²) in [5.74, 6) is 0. The van der Waals surface area contributed by atoms with Crippen LogP contribution in [0.4, 0.5) is 11.4 Å². The number of nitrogens with one attached hydrogen (secondary N) is 1. The minimum atomic E-state index is 0.813. The van der Waals surface area contributed by atoms with Crippen LogP contribution >= 0.6 is 27.3 Å². The fraction of sp³-hybridized carbons (Fsp3) is 0.308. The van der Waals surface area contributed by atoms with Gasteiger partial charge in [0.2, 0.25) is 0 Å². The first kappa shape index (κ1) is 13.4. The molecule has 2 rings (SSSR count). The molecule has 0 aliphatic carbocycles. The largest absolute Gasteiger partial charge is 0.378 e. The quantitative estimate of drug-likeness (QED) is 0.924. The van der Waals surface area contributed by atoms with Crippen LogP contribution in [0, 0.1) is 6.92 Å². The van der Waals surface area contributed by atoms with Gasteiger partial charge in [-0.25, -0.2) is 4.98 Å². The number of hydrogen-bond donors (Lipinski definition) is 1. The predicted octanol–water partition coefficient (Wildman–Crippen LogP) is 3.89. The molecule has 1 aromatic carbocycles. The van der Waals surface area contributed by atoms with Crippen LogP contribution in [-0.4, -0.2) is 19.1 Å². The van der Waals surface area contributed by atoms with Gasteiger partial charge in [0.05, 0.1) is 29.1 Å². The zero-order valence-corrected chi connectivity index (χ0v) is 13.1. The average Bonchev–Trinajstić information content (AvgIpc) is 2.72. The number of aryl methyl sites for hydroxylation is 1. The molecule has 96 valence electrons. The van der Waals surface area contributed by atoms with Crippen molar-refractivity contribution in [3.63, 3.8) is 0 Å². The van der Waals surface area contributed by atoms with Crippen molar-refractivity contribution in [1.29, 1.82) is 0 Å². The van der Waals surface area contributed by atoms with Gasteiger partial charge in [-0.2, -0.15) is 0 Å². The van der Waals surface area contributed by atoms with E-state index in [1.807, 2.05) is 26.5 Å². The van der Waals surface area contributed by atoms with Crippen molar-refractivity contribution in [1.82, 2.24) is 4.98 Å². The molecule has 0 amide bonds. The first-order chi connectivity index (χ1) is 8.58. The van der Waals surface area contributed by atoms with Crippen molar-refractivity contribution in [3.8, 4) is 0 Å². The van der Waals surface area contributed by atoms with E-state index in [1.54, 1.807) is 11.3 Å². The molecule has 0 radical (unpaired) electrons. The van der Waals surface area contributed by atoms with Gasteiger partial charge in [0.25, 0.3) is 0 Å². The molecule has 0 aliphatic heterocycles. The highest BCUT2D eigenvalue weighted by molar-refractivity contribution is 9.10. The zero-order valence-electron chi connectivity index (χ0n) is 10.7. The number of rotatable bonds is 4. The van der Waals surface area contributed by atoms with Crippen molar-refractivity contribution in [2.45, 2.75) is 13.5 Å². The molecule has 1 heterocycles. The molecule has 0 unspecified atom stereocenters. The Hall–Kier alpha value is -1.07. The molecule has 5 heteroatoms. The molecule has 0 bridgehead atoms. The summed E-state index contributed by atoms with van der Waals surface area (Å²) in [6.07, 6.45) is 0. The van der Waals surface area contributed by atoms with Crippen LogP contribution in [0.1, 0.15) is 10.6 Å². The van der Waals surface area contributed by atoms with Gasteiger partial charge < -0.3 is 10.2 Å². The van der Waals surface area contributed by atoms with E-state index in [-0.39, 0.29) is 0 Å². The maximum absolute atomic E-state index is 4.26. The lowest BCUT2D eigenvalue weighted by Crippen LogP contribution is -2.12. The molecule has 0 saturated carbocycles. The third-order valence-corrected chi connectivity index (χ3v) is 4.15. The molecule has 0 spiro atoms. The molecule has 0 atom stereocenters. The van der Waals surface area contributed by atoms with E-state index in [4.69, 9.17) is 0 Å². The third kappa shape index (κ3) is 3.03. The molecular formula is C13H16BrN3S. The molecule has 3 nitrogen and oxygen atoms in total. The maximum atomic E-state index is 4.26. The van der Waals surface area contributed by atoms with E-state index in [9.17, 15) is 0 Å². The first-order valence-electron chi connectivity index (χ1n) is 5.67. The van der Waals surface area contributed by atoms with Crippen LogP contribution < -0.4 is 10.2 Å². The highest BCUT2D eigenvalue weighted by atomic mass is 79.9. The van der Waals surface area contributed by atoms with Crippen LogP contribution in [0.25, 0.3) is 0 Å². The first-order valence-corrected chi connectivity index (χ1v) is 7.35. The molecule has 0 saturated heterocycles. The minimum absolute atomic E-state index is 0.813. The Labute approximate surface area is 120 Å². The molecular weight excluding hydrogens is 310 g/mol. The second-order valence-corrected chi connectivity index (χ2v) is 6.13. The van der Waals surface area contributed by atoms with Gasteiger partial charge in [0.1, 0.15) is 0 Å². The highest BCUT2D eigenvalue weighted by Gasteiger charge is 2.07. The lowest BCUT2D eigenvalue weighted by atomic mass is 10.2. The second kappa shape index (κ2) is 5.71. The van der Waals surface area contributed by atoms with E-state index >= 15 is 0 Å². The summed E-state index contributed by atoms with van der Waals surface area (Å²) in [5, 5.41) is 3.48. The fourth-order valence-electron chi connectivity index (χ4n) is 1.71. The summed E-state index contributed by atoms with van der Waals surface area (Å²) < 4.78 is 1.08. The summed E-state index contributed by atoms with van der Waals surface area (Å²) in [4.78, 5) is 7.65. The zero-order chi connectivity index (χ0) is 13.1. The molecule has 0 aliphatic rings. The van der Waals surface area contributed by atoms with Gasteiger partial charge in [0.15, 0.2) is 0 Å². The van der Waals surface area contributed by atoms with E-state index in [2.05, 4.69) is 49.3 Å². The second-order valence-electron chi connectivity index (χ2n) is 4.27. The monoisotopic (exact) mass is 325 g/mol. The Morgan fingerprint density at radius 3 is 2.78 bits per heavy atom. The van der Waals surface area contributed by atoms with Crippen molar-refractivity contribution in [2.24, 2.45) is 0 Å². The Balaban J connectivity index is 2.18. The number of nitrogens with zero attached hydrogens (tertiary/aromatic N) is 2. The van der Waals surface area contributed by atoms with Crippen LogP contribution in [0.15, 0.2) is 28.2 Å². The van der Waals surface area contributed by atoms with Crippen molar-refractivity contribution in [2.75, 3.05) is 24.3 Å². The van der Waals surface area contributed by atoms with E-state index in [1.165, 1.54) is 10.6 Å². The molecule has 1 N–H and O–H groups in total. The van der Waals surface area contributed by atoms with Crippen LogP contribution in [0.3, 0.4) is 0 Å². The number of anilines is 2. The lowest BCUT2D eigenvalue weighted by Gasteiger charge is -2.18. The van der Waals surface area contributed by atoms with Crippen LogP contribution in [0.2, 0.25) is 0 Å². The summed E-state index contributed by atoms with van der Waals surface area (Å²) in [5.41, 5.74) is 5.30. The maximum Gasteiger partial charge on any atom is 0.0798 e. The van der Waals surface area contributed by atoms with E-state index < -0.39 is 0 Å². The van der Waals surface area contributed by atoms with Gasteiger partial charge in [-0.3, -0.25) is 0 Å². The summed E-state index contributed by atoms with van der Waals surface area (Å²) in [6.45, 7) is 2.86. The molecule has 18 heavy (non-hydrogen) atoms. The number of thiazole rings is 1. The van der Waals surface area contributed by atoms with Gasteiger partial charge in [-0.1, -0.05) is 15.9 Å². The Morgan fingerprint density at radius 1 is 1.39 bits per heavy atom. The number of halogens is 1. The van der Waals surface area contributed by atoms with Gasteiger partial charge >= 0.3 is 0 Å². The number of benzene rings is 1. The summed E-state index contributed by atoms with van der Waals surface area (Å²) in [6, 6.07) is 6.26.